The molecular formula is C12H7Cl2NO. The Labute approximate surface area is 103 Å². The molecule has 0 bridgehead atoms. The lowest BCUT2D eigenvalue weighted by atomic mass is 10.1. The number of rotatable bonds is 2. The first-order chi connectivity index (χ1) is 7.69. The maximum absolute atomic E-state index is 10.6. The monoisotopic (exact) mass is 251 g/mol. The van der Waals surface area contributed by atoms with Gasteiger partial charge in [-0.3, -0.25) is 4.79 Å². The van der Waals surface area contributed by atoms with Crippen molar-refractivity contribution in [1.29, 1.82) is 0 Å². The lowest BCUT2D eigenvalue weighted by Gasteiger charge is -2.03. The summed E-state index contributed by atoms with van der Waals surface area (Å²) >= 11 is 11.8. The van der Waals surface area contributed by atoms with Crippen LogP contribution in [-0.2, 0) is 0 Å². The molecule has 80 valence electrons. The molecule has 1 aromatic heterocycles. The Morgan fingerprint density at radius 3 is 2.38 bits per heavy atom. The lowest BCUT2D eigenvalue weighted by Crippen LogP contribution is -1.89. The van der Waals surface area contributed by atoms with Crippen molar-refractivity contribution in [3.63, 3.8) is 0 Å². The number of carbonyl (C=O) groups is 1. The molecule has 0 atom stereocenters. The molecule has 0 saturated carbocycles. The lowest BCUT2D eigenvalue weighted by molar-refractivity contribution is 0.111. The molecule has 0 aliphatic heterocycles. The van der Waals surface area contributed by atoms with E-state index in [1.807, 2.05) is 0 Å². The first kappa shape index (κ1) is 11.1. The molecular weight excluding hydrogens is 245 g/mol. The van der Waals surface area contributed by atoms with Crippen molar-refractivity contribution in [2.45, 2.75) is 0 Å². The summed E-state index contributed by atoms with van der Waals surface area (Å²) in [5.74, 6) is 0. The molecule has 0 spiro atoms. The SMILES string of the molecule is O=Cc1cccc(-c2cc(Cl)cc(Cl)c2)n1. The van der Waals surface area contributed by atoms with Crippen LogP contribution in [0.2, 0.25) is 10.0 Å². The first-order valence-electron chi connectivity index (χ1n) is 4.58. The van der Waals surface area contributed by atoms with Crippen molar-refractivity contribution in [2.75, 3.05) is 0 Å². The van der Waals surface area contributed by atoms with Gasteiger partial charge in [-0.05, 0) is 30.3 Å². The van der Waals surface area contributed by atoms with Gasteiger partial charge < -0.3 is 0 Å². The minimum Gasteiger partial charge on any atom is -0.296 e. The number of halogens is 2. The van der Waals surface area contributed by atoms with Crippen molar-refractivity contribution < 1.29 is 4.79 Å². The normalized spacial score (nSPS) is 10.1. The quantitative estimate of drug-likeness (QED) is 0.759. The Morgan fingerprint density at radius 2 is 1.75 bits per heavy atom. The molecule has 1 aromatic carbocycles. The Bertz CT molecular complexity index is 520. The van der Waals surface area contributed by atoms with E-state index in [1.165, 1.54) is 0 Å². The summed E-state index contributed by atoms with van der Waals surface area (Å²) < 4.78 is 0. The fourth-order valence-corrected chi connectivity index (χ4v) is 1.91. The third-order valence-corrected chi connectivity index (χ3v) is 2.49. The largest absolute Gasteiger partial charge is 0.296 e. The second-order valence-corrected chi connectivity index (χ2v) is 4.10. The molecule has 1 heterocycles. The number of carbonyl (C=O) groups excluding carboxylic acids is 1. The van der Waals surface area contributed by atoms with Crippen LogP contribution in [0.4, 0.5) is 0 Å². The highest BCUT2D eigenvalue weighted by molar-refractivity contribution is 6.35. The minimum atomic E-state index is 0.383. The molecule has 0 aliphatic carbocycles. The molecule has 16 heavy (non-hydrogen) atoms. The highest BCUT2D eigenvalue weighted by atomic mass is 35.5. The zero-order chi connectivity index (χ0) is 11.5. The van der Waals surface area contributed by atoms with Gasteiger partial charge in [-0.25, -0.2) is 4.98 Å². The van der Waals surface area contributed by atoms with Crippen molar-refractivity contribution in [2.24, 2.45) is 0 Å². The van der Waals surface area contributed by atoms with Crippen molar-refractivity contribution in [3.05, 3.63) is 52.1 Å². The van der Waals surface area contributed by atoms with E-state index in [9.17, 15) is 4.79 Å². The highest BCUT2D eigenvalue weighted by Crippen LogP contribution is 2.25. The van der Waals surface area contributed by atoms with E-state index in [2.05, 4.69) is 4.98 Å². The topological polar surface area (TPSA) is 30.0 Å². The number of hydrogen-bond donors (Lipinski definition) is 0. The average Bonchev–Trinajstić information content (AvgIpc) is 2.28. The summed E-state index contributed by atoms with van der Waals surface area (Å²) in [5, 5.41) is 1.08. The third kappa shape index (κ3) is 2.40. The second-order valence-electron chi connectivity index (χ2n) is 3.22. The molecule has 2 nitrogen and oxygen atoms in total. The Morgan fingerprint density at radius 1 is 1.06 bits per heavy atom. The van der Waals surface area contributed by atoms with E-state index in [-0.39, 0.29) is 0 Å². The van der Waals surface area contributed by atoms with Gasteiger partial charge in [-0.1, -0.05) is 29.3 Å². The summed E-state index contributed by atoms with van der Waals surface area (Å²) in [6, 6.07) is 10.4. The number of benzene rings is 1. The number of pyridine rings is 1. The molecule has 0 saturated heterocycles. The maximum atomic E-state index is 10.6. The zero-order valence-electron chi connectivity index (χ0n) is 8.15. The van der Waals surface area contributed by atoms with E-state index in [0.29, 0.717) is 27.7 Å². The summed E-state index contributed by atoms with van der Waals surface area (Å²) in [4.78, 5) is 14.8. The van der Waals surface area contributed by atoms with Gasteiger partial charge in [0.1, 0.15) is 5.69 Å². The summed E-state index contributed by atoms with van der Waals surface area (Å²) in [7, 11) is 0. The van der Waals surface area contributed by atoms with Gasteiger partial charge in [0, 0.05) is 15.6 Å². The Hall–Kier alpha value is -1.38. The van der Waals surface area contributed by atoms with E-state index in [4.69, 9.17) is 23.2 Å². The molecule has 0 aliphatic rings. The van der Waals surface area contributed by atoms with Gasteiger partial charge >= 0.3 is 0 Å². The number of aldehydes is 1. The number of aromatic nitrogens is 1. The molecule has 0 amide bonds. The van der Waals surface area contributed by atoms with Crippen LogP contribution in [0.25, 0.3) is 11.3 Å². The van der Waals surface area contributed by atoms with Gasteiger partial charge in [0.25, 0.3) is 0 Å². The molecule has 4 heteroatoms. The van der Waals surface area contributed by atoms with Gasteiger partial charge in [0.15, 0.2) is 6.29 Å². The van der Waals surface area contributed by atoms with Crippen LogP contribution < -0.4 is 0 Å². The van der Waals surface area contributed by atoms with Gasteiger partial charge in [0.05, 0.1) is 5.69 Å². The van der Waals surface area contributed by atoms with Gasteiger partial charge in [-0.2, -0.15) is 0 Å². The van der Waals surface area contributed by atoms with E-state index >= 15 is 0 Å². The number of nitrogens with zero attached hydrogens (tertiary/aromatic N) is 1. The second kappa shape index (κ2) is 4.64. The standard InChI is InChI=1S/C12H7Cl2NO/c13-9-4-8(5-10(14)6-9)12-3-1-2-11(7-16)15-12/h1-7H. The molecule has 0 fully saturated rings. The van der Waals surface area contributed by atoms with Crippen LogP contribution in [0.1, 0.15) is 10.5 Å². The Kier molecular flexibility index (Phi) is 3.22. The van der Waals surface area contributed by atoms with Gasteiger partial charge in [0.2, 0.25) is 0 Å². The van der Waals surface area contributed by atoms with Crippen LogP contribution in [0.3, 0.4) is 0 Å². The Balaban J connectivity index is 2.53. The summed E-state index contributed by atoms with van der Waals surface area (Å²) in [5.41, 5.74) is 1.85. The predicted octanol–water partition coefficient (Wildman–Crippen LogP) is 3.87. The van der Waals surface area contributed by atoms with Crippen molar-refractivity contribution >= 4 is 29.5 Å². The van der Waals surface area contributed by atoms with Crippen LogP contribution in [-0.4, -0.2) is 11.3 Å². The van der Waals surface area contributed by atoms with E-state index in [0.717, 1.165) is 5.56 Å². The fraction of sp³-hybridized carbons (Fsp3) is 0. The van der Waals surface area contributed by atoms with E-state index < -0.39 is 0 Å². The van der Waals surface area contributed by atoms with E-state index in [1.54, 1.807) is 36.4 Å². The molecule has 0 N–H and O–H groups in total. The average molecular weight is 252 g/mol. The molecule has 2 aromatic rings. The van der Waals surface area contributed by atoms with Crippen LogP contribution in [0, 0.1) is 0 Å². The van der Waals surface area contributed by atoms with Gasteiger partial charge in [-0.15, -0.1) is 0 Å². The van der Waals surface area contributed by atoms with Crippen LogP contribution in [0.15, 0.2) is 36.4 Å². The van der Waals surface area contributed by atoms with Crippen LogP contribution >= 0.6 is 23.2 Å². The highest BCUT2D eigenvalue weighted by Gasteiger charge is 2.03. The third-order valence-electron chi connectivity index (χ3n) is 2.05. The molecule has 0 unspecified atom stereocenters. The smallest absolute Gasteiger partial charge is 0.168 e. The molecule has 2 rings (SSSR count). The zero-order valence-corrected chi connectivity index (χ0v) is 9.66. The molecule has 0 radical (unpaired) electrons. The van der Waals surface area contributed by atoms with Crippen molar-refractivity contribution in [1.82, 2.24) is 4.98 Å². The maximum Gasteiger partial charge on any atom is 0.168 e. The first-order valence-corrected chi connectivity index (χ1v) is 5.33. The predicted molar refractivity (Wildman–Crippen MR) is 65.1 cm³/mol. The van der Waals surface area contributed by atoms with Crippen LogP contribution in [0.5, 0.6) is 0 Å². The van der Waals surface area contributed by atoms with Crippen molar-refractivity contribution in [3.8, 4) is 11.3 Å². The minimum absolute atomic E-state index is 0.383. The number of hydrogen-bond acceptors (Lipinski definition) is 2. The summed E-state index contributed by atoms with van der Waals surface area (Å²) in [6.07, 6.45) is 0.704. The fourth-order valence-electron chi connectivity index (χ4n) is 1.38. The summed E-state index contributed by atoms with van der Waals surface area (Å²) in [6.45, 7) is 0.